The Hall–Kier alpha value is -2.79. The molecule has 0 aromatic heterocycles. The number of ether oxygens (including phenoxy) is 1. The van der Waals surface area contributed by atoms with Crippen LogP contribution in [0.1, 0.15) is 18.1 Å². The number of aliphatic imine (C=N–C) groups is 1. The van der Waals surface area contributed by atoms with Gasteiger partial charge in [0.15, 0.2) is 17.1 Å². The smallest absolute Gasteiger partial charge is 0.339 e. The van der Waals surface area contributed by atoms with Crippen molar-refractivity contribution >= 4 is 35.4 Å². The van der Waals surface area contributed by atoms with Crippen LogP contribution in [0.2, 0.25) is 5.02 Å². The number of esters is 1. The molecule has 1 fully saturated rings. The zero-order valence-corrected chi connectivity index (χ0v) is 16.8. The molecule has 148 valence electrons. The molecular weight excluding hydrogens is 390 g/mol. The lowest BCUT2D eigenvalue weighted by Gasteiger charge is -2.31. The van der Waals surface area contributed by atoms with Crippen molar-refractivity contribution in [3.63, 3.8) is 0 Å². The number of hydrogen-bond donors (Lipinski definition) is 0. The molecule has 0 N–H and O–H groups in total. The van der Waals surface area contributed by atoms with Crippen molar-refractivity contribution in [3.8, 4) is 0 Å². The molecule has 5 nitrogen and oxygen atoms in total. The van der Waals surface area contributed by atoms with Crippen LogP contribution in [0.5, 0.6) is 0 Å². The van der Waals surface area contributed by atoms with Crippen molar-refractivity contribution in [2.75, 3.05) is 7.11 Å². The highest BCUT2D eigenvalue weighted by Crippen LogP contribution is 2.53. The van der Waals surface area contributed by atoms with Gasteiger partial charge in [-0.1, -0.05) is 54.1 Å². The third-order valence-corrected chi connectivity index (χ3v) is 6.35. The fourth-order valence-electron chi connectivity index (χ4n) is 4.61. The maximum atomic E-state index is 13.7. The Morgan fingerprint density at radius 3 is 2.34 bits per heavy atom. The molecule has 0 unspecified atom stereocenters. The molecule has 0 amide bonds. The summed E-state index contributed by atoms with van der Waals surface area (Å²) in [7, 11) is 1.27. The summed E-state index contributed by atoms with van der Waals surface area (Å²) in [6.07, 6.45) is 1.71. The summed E-state index contributed by atoms with van der Waals surface area (Å²) >= 11 is 5.95. The Balaban J connectivity index is 1.79. The molecule has 2 aliphatic rings. The summed E-state index contributed by atoms with van der Waals surface area (Å²) in [6.45, 7) is 1.66. The van der Waals surface area contributed by atoms with E-state index in [4.69, 9.17) is 16.3 Å². The lowest BCUT2D eigenvalue weighted by Crippen LogP contribution is -2.45. The molecule has 1 heterocycles. The van der Waals surface area contributed by atoms with E-state index in [0.717, 1.165) is 5.56 Å². The quantitative estimate of drug-likeness (QED) is 0.573. The Labute approximate surface area is 173 Å². The molecular formula is C23H20ClNO4. The van der Waals surface area contributed by atoms with Crippen LogP contribution in [0.3, 0.4) is 0 Å². The Morgan fingerprint density at radius 2 is 1.72 bits per heavy atom. The number of halogens is 1. The molecule has 2 aromatic carbocycles. The van der Waals surface area contributed by atoms with Gasteiger partial charge in [0.05, 0.1) is 24.4 Å². The number of Topliss-reactive ketones (excluding diaryl/α,β-unsaturated/α-hetero) is 2. The first-order valence-corrected chi connectivity index (χ1v) is 9.75. The minimum absolute atomic E-state index is 0.215. The molecule has 0 spiro atoms. The molecule has 0 bridgehead atoms. The number of carbonyl (C=O) groups is 3. The summed E-state index contributed by atoms with van der Waals surface area (Å²) in [6, 6.07) is 15.9. The van der Waals surface area contributed by atoms with Gasteiger partial charge in [0.2, 0.25) is 0 Å². The first-order chi connectivity index (χ1) is 13.8. The Bertz CT molecular complexity index is 1020. The monoisotopic (exact) mass is 409 g/mol. The Morgan fingerprint density at radius 1 is 1.07 bits per heavy atom. The van der Waals surface area contributed by atoms with Gasteiger partial charge in [0.1, 0.15) is 0 Å². The lowest BCUT2D eigenvalue weighted by molar-refractivity contribution is -0.152. The number of carbonyl (C=O) groups excluding carboxylic acids is 3. The summed E-state index contributed by atoms with van der Waals surface area (Å²) in [5.41, 5.74) is -1.40. The fraction of sp³-hybridized carbons (Fsp3) is 0.304. The van der Waals surface area contributed by atoms with Gasteiger partial charge in [0.25, 0.3) is 0 Å². The van der Waals surface area contributed by atoms with Gasteiger partial charge < -0.3 is 4.74 Å². The zero-order chi connectivity index (χ0) is 20.8. The average Bonchev–Trinajstić information content (AvgIpc) is 3.22. The first kappa shape index (κ1) is 19.5. The van der Waals surface area contributed by atoms with E-state index in [1.807, 2.05) is 6.07 Å². The van der Waals surface area contributed by atoms with E-state index in [1.54, 1.807) is 55.5 Å². The van der Waals surface area contributed by atoms with Gasteiger partial charge in [-0.25, -0.2) is 4.79 Å². The molecule has 1 saturated carbocycles. The number of ketones is 2. The number of benzene rings is 2. The highest BCUT2D eigenvalue weighted by atomic mass is 35.5. The second-order valence-corrected chi connectivity index (χ2v) is 8.21. The number of hydrogen-bond acceptors (Lipinski definition) is 5. The van der Waals surface area contributed by atoms with Gasteiger partial charge in [-0.15, -0.1) is 0 Å². The number of rotatable bonds is 4. The molecule has 1 aliphatic carbocycles. The standard InChI is InChI=1S/C23H20ClNO4/c1-22(12-14-8-10-16(24)11-9-14)19(26)17-13-25-23(21(28)29-2,18(17)20(22)27)15-6-4-3-5-7-15/h3-11,13,17-18H,12H2,1-2H3/t17-,18+,22+,23+/m1/s1. The summed E-state index contributed by atoms with van der Waals surface area (Å²) in [4.78, 5) is 44.3. The van der Waals surface area contributed by atoms with E-state index >= 15 is 0 Å². The molecule has 6 heteroatoms. The largest absolute Gasteiger partial charge is 0.467 e. The molecule has 0 radical (unpaired) electrons. The van der Waals surface area contributed by atoms with E-state index in [2.05, 4.69) is 4.99 Å². The third-order valence-electron chi connectivity index (χ3n) is 6.10. The fourth-order valence-corrected chi connectivity index (χ4v) is 4.74. The summed E-state index contributed by atoms with van der Waals surface area (Å²) in [5.74, 6) is -2.80. The lowest BCUT2D eigenvalue weighted by atomic mass is 9.73. The predicted octanol–water partition coefficient (Wildman–Crippen LogP) is 3.43. The van der Waals surface area contributed by atoms with Crippen molar-refractivity contribution < 1.29 is 19.1 Å². The number of nitrogens with zero attached hydrogens (tertiary/aromatic N) is 1. The SMILES string of the molecule is COC(=O)[C@@]1(c2ccccc2)N=C[C@H]2C(=O)[C@](C)(Cc3ccc(Cl)cc3)C(=O)[C@H]21. The van der Waals surface area contributed by atoms with E-state index in [1.165, 1.54) is 13.3 Å². The van der Waals surface area contributed by atoms with Gasteiger partial charge in [0, 0.05) is 11.2 Å². The summed E-state index contributed by atoms with van der Waals surface area (Å²) in [5, 5.41) is 0.584. The van der Waals surface area contributed by atoms with Gasteiger partial charge in [-0.3, -0.25) is 14.6 Å². The molecule has 4 atom stereocenters. The van der Waals surface area contributed by atoms with Crippen LogP contribution in [-0.4, -0.2) is 30.9 Å². The second-order valence-electron chi connectivity index (χ2n) is 7.77. The van der Waals surface area contributed by atoms with Crippen LogP contribution in [0.4, 0.5) is 0 Å². The minimum Gasteiger partial charge on any atom is -0.467 e. The second kappa shape index (κ2) is 6.92. The van der Waals surface area contributed by atoms with E-state index in [9.17, 15) is 14.4 Å². The van der Waals surface area contributed by atoms with Crippen LogP contribution in [0.25, 0.3) is 0 Å². The van der Waals surface area contributed by atoms with Gasteiger partial charge in [-0.2, -0.15) is 0 Å². The molecule has 0 saturated heterocycles. The highest BCUT2D eigenvalue weighted by Gasteiger charge is 2.68. The zero-order valence-electron chi connectivity index (χ0n) is 16.1. The number of methoxy groups -OCH3 is 1. The maximum Gasteiger partial charge on any atom is 0.339 e. The van der Waals surface area contributed by atoms with Crippen LogP contribution in [0.15, 0.2) is 59.6 Å². The van der Waals surface area contributed by atoms with Crippen LogP contribution >= 0.6 is 11.6 Å². The number of fused-ring (bicyclic) bond motifs is 1. The minimum atomic E-state index is -1.54. The normalized spacial score (nSPS) is 30.4. The van der Waals surface area contributed by atoms with E-state index < -0.39 is 28.8 Å². The van der Waals surface area contributed by atoms with E-state index in [-0.39, 0.29) is 18.0 Å². The van der Waals surface area contributed by atoms with Gasteiger partial charge in [-0.05, 0) is 36.6 Å². The van der Waals surface area contributed by atoms with E-state index in [0.29, 0.717) is 10.6 Å². The van der Waals surface area contributed by atoms with Crippen molar-refractivity contribution in [1.82, 2.24) is 0 Å². The average molecular weight is 410 g/mol. The Kier molecular flexibility index (Phi) is 4.66. The molecule has 2 aromatic rings. The highest BCUT2D eigenvalue weighted by molar-refractivity contribution is 6.30. The van der Waals surface area contributed by atoms with Crippen LogP contribution in [-0.2, 0) is 31.1 Å². The predicted molar refractivity (Wildman–Crippen MR) is 109 cm³/mol. The van der Waals surface area contributed by atoms with Crippen molar-refractivity contribution in [2.24, 2.45) is 22.2 Å². The van der Waals surface area contributed by atoms with Crippen LogP contribution < -0.4 is 0 Å². The van der Waals surface area contributed by atoms with Crippen molar-refractivity contribution in [3.05, 3.63) is 70.7 Å². The van der Waals surface area contributed by atoms with Crippen molar-refractivity contribution in [1.29, 1.82) is 0 Å². The summed E-state index contributed by atoms with van der Waals surface area (Å²) < 4.78 is 5.05. The topological polar surface area (TPSA) is 72.8 Å². The van der Waals surface area contributed by atoms with Crippen molar-refractivity contribution in [2.45, 2.75) is 18.9 Å². The molecule has 1 aliphatic heterocycles. The first-order valence-electron chi connectivity index (χ1n) is 9.37. The third kappa shape index (κ3) is 2.76. The van der Waals surface area contributed by atoms with Crippen LogP contribution in [0, 0.1) is 17.3 Å². The maximum absolute atomic E-state index is 13.7. The molecule has 29 heavy (non-hydrogen) atoms. The molecule has 4 rings (SSSR count). The van der Waals surface area contributed by atoms with Gasteiger partial charge >= 0.3 is 5.97 Å².